The highest BCUT2D eigenvalue weighted by Crippen LogP contribution is 2.26. The summed E-state index contributed by atoms with van der Waals surface area (Å²) in [6.07, 6.45) is -0.931. The first-order valence-electron chi connectivity index (χ1n) is 7.40. The third-order valence-corrected chi connectivity index (χ3v) is 3.63. The number of aryl methyl sites for hydroxylation is 1. The molecule has 0 spiro atoms. The van der Waals surface area contributed by atoms with E-state index in [1.54, 1.807) is 25.1 Å². The van der Waals surface area contributed by atoms with Crippen molar-refractivity contribution in [1.29, 1.82) is 0 Å². The van der Waals surface area contributed by atoms with Gasteiger partial charge in [0.1, 0.15) is 17.3 Å². The number of rotatable bonds is 6. The molecule has 1 atom stereocenters. The highest BCUT2D eigenvalue weighted by molar-refractivity contribution is 5.94. The molecule has 6 heteroatoms. The van der Waals surface area contributed by atoms with Gasteiger partial charge in [-0.05, 0) is 48.4 Å². The Hall–Kier alpha value is -2.60. The van der Waals surface area contributed by atoms with Gasteiger partial charge in [-0.2, -0.15) is 0 Å². The molecular weight excluding hydrogens is 313 g/mol. The molecule has 0 saturated carbocycles. The molecule has 0 fully saturated rings. The number of nitrogens with one attached hydrogen (secondary N) is 1. The second-order valence-electron chi connectivity index (χ2n) is 5.34. The van der Waals surface area contributed by atoms with Crippen LogP contribution in [-0.4, -0.2) is 31.8 Å². The molecular formula is C18H20FNO4. The summed E-state index contributed by atoms with van der Waals surface area (Å²) in [6, 6.07) is 9.14. The van der Waals surface area contributed by atoms with Crippen LogP contribution < -0.4 is 14.8 Å². The second kappa shape index (κ2) is 7.79. The minimum Gasteiger partial charge on any atom is -0.497 e. The average molecular weight is 333 g/mol. The molecule has 0 unspecified atom stereocenters. The predicted octanol–water partition coefficient (Wildman–Crippen LogP) is 2.61. The van der Waals surface area contributed by atoms with Gasteiger partial charge in [-0.15, -0.1) is 0 Å². The van der Waals surface area contributed by atoms with E-state index >= 15 is 0 Å². The Morgan fingerprint density at radius 2 is 1.79 bits per heavy atom. The van der Waals surface area contributed by atoms with Crippen LogP contribution in [0.25, 0.3) is 0 Å². The Bertz CT molecular complexity index is 711. The summed E-state index contributed by atoms with van der Waals surface area (Å²) in [5.41, 5.74) is 1.28. The number of benzene rings is 2. The summed E-state index contributed by atoms with van der Waals surface area (Å²) in [5, 5.41) is 12.9. The number of carbonyl (C=O) groups excluding carboxylic acids is 1. The molecule has 0 radical (unpaired) electrons. The van der Waals surface area contributed by atoms with Crippen molar-refractivity contribution >= 4 is 5.91 Å². The van der Waals surface area contributed by atoms with Crippen molar-refractivity contribution in [2.75, 3.05) is 20.8 Å². The molecule has 2 aromatic rings. The molecule has 0 heterocycles. The lowest BCUT2D eigenvalue weighted by molar-refractivity contribution is 0.0916. The van der Waals surface area contributed by atoms with Crippen molar-refractivity contribution in [1.82, 2.24) is 5.32 Å². The lowest BCUT2D eigenvalue weighted by Gasteiger charge is -2.15. The molecule has 0 aliphatic carbocycles. The molecule has 0 aromatic heterocycles. The zero-order valence-electron chi connectivity index (χ0n) is 13.8. The van der Waals surface area contributed by atoms with Crippen LogP contribution in [0.1, 0.15) is 27.6 Å². The molecule has 0 bridgehead atoms. The van der Waals surface area contributed by atoms with Crippen LogP contribution in [0.15, 0.2) is 36.4 Å². The normalized spacial score (nSPS) is 11.7. The van der Waals surface area contributed by atoms with Gasteiger partial charge >= 0.3 is 0 Å². The number of ether oxygens (including phenoxy) is 2. The van der Waals surface area contributed by atoms with E-state index in [9.17, 15) is 14.3 Å². The summed E-state index contributed by atoms with van der Waals surface area (Å²) in [5.74, 6) is 0.342. The Balaban J connectivity index is 2.05. The molecule has 0 aliphatic rings. The fraction of sp³-hybridized carbons (Fsp3) is 0.278. The Morgan fingerprint density at radius 1 is 1.17 bits per heavy atom. The van der Waals surface area contributed by atoms with Gasteiger partial charge in [0.15, 0.2) is 0 Å². The quantitative estimate of drug-likeness (QED) is 0.853. The summed E-state index contributed by atoms with van der Waals surface area (Å²) < 4.78 is 23.6. The molecule has 1 amide bonds. The first-order chi connectivity index (χ1) is 11.4. The molecule has 0 aliphatic heterocycles. The molecule has 5 nitrogen and oxygen atoms in total. The standard InChI is InChI=1S/C18H20FNO4/c1-11-6-12(4-5-16(11)19)18(22)20-10-17(21)13-7-14(23-2)9-15(8-13)24-3/h4-9,17,21H,10H2,1-3H3,(H,20,22)/t17-/m0/s1. The van der Waals surface area contributed by atoms with E-state index < -0.39 is 6.10 Å². The number of carbonyl (C=O) groups is 1. The summed E-state index contributed by atoms with van der Waals surface area (Å²) in [4.78, 5) is 12.1. The van der Waals surface area contributed by atoms with Crippen molar-refractivity contribution in [3.8, 4) is 11.5 Å². The van der Waals surface area contributed by atoms with Crippen LogP contribution in [0.2, 0.25) is 0 Å². The van der Waals surface area contributed by atoms with Crippen molar-refractivity contribution in [2.24, 2.45) is 0 Å². The molecule has 2 rings (SSSR count). The van der Waals surface area contributed by atoms with Crippen molar-refractivity contribution in [2.45, 2.75) is 13.0 Å². The highest BCUT2D eigenvalue weighted by Gasteiger charge is 2.14. The lowest BCUT2D eigenvalue weighted by atomic mass is 10.1. The minimum absolute atomic E-state index is 0.00554. The number of hydrogen-bond donors (Lipinski definition) is 2. The van der Waals surface area contributed by atoms with Gasteiger partial charge in [0, 0.05) is 18.2 Å². The van der Waals surface area contributed by atoms with E-state index in [1.165, 1.54) is 32.4 Å². The Labute approximate surface area is 140 Å². The van der Waals surface area contributed by atoms with Gasteiger partial charge < -0.3 is 19.9 Å². The first kappa shape index (κ1) is 17.7. The number of aliphatic hydroxyl groups is 1. The van der Waals surface area contributed by atoms with Crippen LogP contribution in [0.3, 0.4) is 0 Å². The SMILES string of the molecule is COc1cc(OC)cc([C@@H](O)CNC(=O)c2ccc(F)c(C)c2)c1. The summed E-state index contributed by atoms with van der Waals surface area (Å²) in [6.45, 7) is 1.59. The Kier molecular flexibility index (Phi) is 5.76. The van der Waals surface area contributed by atoms with Gasteiger partial charge in [0.25, 0.3) is 5.91 Å². The first-order valence-corrected chi connectivity index (χ1v) is 7.40. The fourth-order valence-corrected chi connectivity index (χ4v) is 2.22. The summed E-state index contributed by atoms with van der Waals surface area (Å²) in [7, 11) is 3.03. The van der Waals surface area contributed by atoms with Crippen LogP contribution in [-0.2, 0) is 0 Å². The smallest absolute Gasteiger partial charge is 0.251 e. The Morgan fingerprint density at radius 3 is 2.33 bits per heavy atom. The van der Waals surface area contributed by atoms with Crippen molar-refractivity contribution in [3.05, 3.63) is 58.9 Å². The van der Waals surface area contributed by atoms with E-state index in [1.807, 2.05) is 0 Å². The van der Waals surface area contributed by atoms with E-state index in [0.717, 1.165) is 0 Å². The number of aliphatic hydroxyl groups excluding tert-OH is 1. The van der Waals surface area contributed by atoms with Crippen molar-refractivity contribution in [3.63, 3.8) is 0 Å². The van der Waals surface area contributed by atoms with E-state index in [2.05, 4.69) is 5.32 Å². The van der Waals surface area contributed by atoms with Gasteiger partial charge in [-0.1, -0.05) is 0 Å². The largest absolute Gasteiger partial charge is 0.497 e. The van der Waals surface area contributed by atoms with Crippen LogP contribution in [0.5, 0.6) is 11.5 Å². The minimum atomic E-state index is -0.931. The van der Waals surface area contributed by atoms with Crippen molar-refractivity contribution < 1.29 is 23.8 Å². The van der Waals surface area contributed by atoms with Gasteiger partial charge in [0.05, 0.1) is 20.3 Å². The maximum absolute atomic E-state index is 13.2. The molecule has 128 valence electrons. The lowest BCUT2D eigenvalue weighted by Crippen LogP contribution is -2.28. The second-order valence-corrected chi connectivity index (χ2v) is 5.34. The van der Waals surface area contributed by atoms with Gasteiger partial charge in [-0.25, -0.2) is 4.39 Å². The van der Waals surface area contributed by atoms with Crippen LogP contribution in [0, 0.1) is 12.7 Å². The predicted molar refractivity (Wildman–Crippen MR) is 88.0 cm³/mol. The van der Waals surface area contributed by atoms with E-state index in [0.29, 0.717) is 28.2 Å². The average Bonchev–Trinajstić information content (AvgIpc) is 2.60. The summed E-state index contributed by atoms with van der Waals surface area (Å²) >= 11 is 0. The van der Waals surface area contributed by atoms with E-state index in [4.69, 9.17) is 9.47 Å². The van der Waals surface area contributed by atoms with Gasteiger partial charge in [-0.3, -0.25) is 4.79 Å². The zero-order valence-corrected chi connectivity index (χ0v) is 13.8. The number of methoxy groups -OCH3 is 2. The molecule has 2 aromatic carbocycles. The highest BCUT2D eigenvalue weighted by atomic mass is 19.1. The fourth-order valence-electron chi connectivity index (χ4n) is 2.22. The van der Waals surface area contributed by atoms with Gasteiger partial charge in [0.2, 0.25) is 0 Å². The molecule has 2 N–H and O–H groups in total. The number of amides is 1. The third kappa shape index (κ3) is 4.23. The molecule has 0 saturated heterocycles. The maximum atomic E-state index is 13.2. The van der Waals surface area contributed by atoms with E-state index in [-0.39, 0.29) is 18.3 Å². The zero-order chi connectivity index (χ0) is 17.7. The number of halogens is 1. The molecule has 24 heavy (non-hydrogen) atoms. The monoisotopic (exact) mass is 333 g/mol. The topological polar surface area (TPSA) is 67.8 Å². The third-order valence-electron chi connectivity index (χ3n) is 3.63. The number of hydrogen-bond acceptors (Lipinski definition) is 4. The maximum Gasteiger partial charge on any atom is 0.251 e. The van der Waals surface area contributed by atoms with Crippen LogP contribution >= 0.6 is 0 Å². The van der Waals surface area contributed by atoms with Crippen LogP contribution in [0.4, 0.5) is 4.39 Å².